The van der Waals surface area contributed by atoms with Gasteiger partial charge >= 0.3 is 0 Å². The Bertz CT molecular complexity index is 1120. The molecule has 31 heavy (non-hydrogen) atoms. The molecule has 1 saturated carbocycles. The molecule has 1 aliphatic heterocycles. The highest BCUT2D eigenvalue weighted by atomic mass is 35.5. The van der Waals surface area contributed by atoms with Crippen LogP contribution in [0.3, 0.4) is 0 Å². The highest BCUT2D eigenvalue weighted by Crippen LogP contribution is 2.45. The molecular weight excluding hydrogens is 408 g/mol. The second kappa shape index (κ2) is 8.12. The zero-order chi connectivity index (χ0) is 21.4. The third-order valence-electron chi connectivity index (χ3n) is 6.89. The second-order valence-corrected chi connectivity index (χ2v) is 9.26. The van der Waals surface area contributed by atoms with Crippen LogP contribution in [-0.2, 0) is 23.2 Å². The predicted molar refractivity (Wildman–Crippen MR) is 123 cm³/mol. The van der Waals surface area contributed by atoms with Crippen LogP contribution >= 0.6 is 11.6 Å². The fourth-order valence-electron chi connectivity index (χ4n) is 4.78. The number of halogens is 1. The number of aromatic nitrogens is 3. The van der Waals surface area contributed by atoms with E-state index in [0.717, 1.165) is 72.7 Å². The Morgan fingerprint density at radius 1 is 1.03 bits per heavy atom. The van der Waals surface area contributed by atoms with Crippen molar-refractivity contribution >= 4 is 23.2 Å². The lowest BCUT2D eigenvalue weighted by molar-refractivity contribution is -0.124. The van der Waals surface area contributed by atoms with Crippen LogP contribution < -0.4 is 5.32 Å². The Balaban J connectivity index is 1.44. The highest BCUT2D eigenvalue weighted by Gasteiger charge is 2.45. The summed E-state index contributed by atoms with van der Waals surface area (Å²) >= 11 is 6.07. The summed E-state index contributed by atoms with van der Waals surface area (Å²) in [6, 6.07) is 13.9. The molecule has 1 aliphatic carbocycles. The smallest absolute Gasteiger partial charge is 0.235 e. The van der Waals surface area contributed by atoms with Crippen LogP contribution in [0.2, 0.25) is 5.02 Å². The molecule has 6 heteroatoms. The lowest BCUT2D eigenvalue weighted by atomic mass is 9.64. The minimum atomic E-state index is -0.473. The van der Waals surface area contributed by atoms with Crippen molar-refractivity contribution < 1.29 is 4.79 Å². The van der Waals surface area contributed by atoms with E-state index in [2.05, 4.69) is 32.2 Å². The molecule has 0 atom stereocenters. The van der Waals surface area contributed by atoms with E-state index in [0.29, 0.717) is 5.02 Å². The van der Waals surface area contributed by atoms with E-state index in [-0.39, 0.29) is 5.91 Å². The molecule has 1 aromatic heterocycles. The first-order valence-corrected chi connectivity index (χ1v) is 11.6. The standard InChI is InChI=1S/C25H27ClN4O/c1-17-7-8-18(23-29-28-22-6-3-2-4-15-30(22)23)16-21(17)27-24(31)25(13-5-14-25)19-9-11-20(26)12-10-19/h7-12,16H,2-6,13-15H2,1H3,(H,27,31). The average molecular weight is 435 g/mol. The molecule has 0 spiro atoms. The Morgan fingerprint density at radius 2 is 1.84 bits per heavy atom. The number of benzene rings is 2. The van der Waals surface area contributed by atoms with Crippen molar-refractivity contribution in [2.45, 2.75) is 63.8 Å². The zero-order valence-electron chi connectivity index (χ0n) is 17.8. The minimum absolute atomic E-state index is 0.0568. The van der Waals surface area contributed by atoms with Crippen molar-refractivity contribution in [3.63, 3.8) is 0 Å². The molecule has 3 aromatic rings. The molecule has 1 N–H and O–H groups in total. The van der Waals surface area contributed by atoms with E-state index in [9.17, 15) is 4.79 Å². The monoisotopic (exact) mass is 434 g/mol. The number of hydrogen-bond acceptors (Lipinski definition) is 3. The van der Waals surface area contributed by atoms with Crippen LogP contribution in [0.25, 0.3) is 11.4 Å². The largest absolute Gasteiger partial charge is 0.325 e. The van der Waals surface area contributed by atoms with Crippen molar-refractivity contribution in [3.8, 4) is 11.4 Å². The van der Waals surface area contributed by atoms with Crippen molar-refractivity contribution in [3.05, 3.63) is 64.4 Å². The normalized spacial score (nSPS) is 17.4. The Labute approximate surface area is 187 Å². The maximum absolute atomic E-state index is 13.5. The predicted octanol–water partition coefficient (Wildman–Crippen LogP) is 5.69. The van der Waals surface area contributed by atoms with Gasteiger partial charge in [0.1, 0.15) is 5.82 Å². The lowest BCUT2D eigenvalue weighted by Crippen LogP contribution is -2.46. The van der Waals surface area contributed by atoms with Gasteiger partial charge in [0.15, 0.2) is 5.82 Å². The third kappa shape index (κ3) is 3.65. The van der Waals surface area contributed by atoms with Gasteiger partial charge in [-0.3, -0.25) is 4.79 Å². The number of anilines is 1. The summed E-state index contributed by atoms with van der Waals surface area (Å²) in [5.41, 5.74) is 3.44. The number of hydrogen-bond donors (Lipinski definition) is 1. The summed E-state index contributed by atoms with van der Waals surface area (Å²) in [7, 11) is 0. The van der Waals surface area contributed by atoms with E-state index >= 15 is 0 Å². The second-order valence-electron chi connectivity index (χ2n) is 8.83. The van der Waals surface area contributed by atoms with E-state index in [1.165, 1.54) is 12.8 Å². The number of nitrogens with zero attached hydrogens (tertiary/aromatic N) is 3. The maximum Gasteiger partial charge on any atom is 0.235 e. The van der Waals surface area contributed by atoms with Gasteiger partial charge in [0.25, 0.3) is 0 Å². The molecule has 2 heterocycles. The van der Waals surface area contributed by atoms with Gasteiger partial charge < -0.3 is 9.88 Å². The van der Waals surface area contributed by atoms with E-state index in [1.54, 1.807) is 0 Å². The number of amides is 1. The maximum atomic E-state index is 13.5. The van der Waals surface area contributed by atoms with Crippen LogP contribution in [0.1, 0.15) is 55.5 Å². The third-order valence-corrected chi connectivity index (χ3v) is 7.14. The van der Waals surface area contributed by atoms with Crippen LogP contribution in [0.5, 0.6) is 0 Å². The zero-order valence-corrected chi connectivity index (χ0v) is 18.6. The summed E-state index contributed by atoms with van der Waals surface area (Å²) in [4.78, 5) is 13.5. The molecule has 0 unspecified atom stereocenters. The van der Waals surface area contributed by atoms with Gasteiger partial charge in [0.2, 0.25) is 5.91 Å². The fourth-order valence-corrected chi connectivity index (χ4v) is 4.91. The van der Waals surface area contributed by atoms with E-state index in [4.69, 9.17) is 11.6 Å². The number of rotatable bonds is 4. The number of aryl methyl sites for hydroxylation is 2. The number of carbonyl (C=O) groups is 1. The van der Waals surface area contributed by atoms with Gasteiger partial charge in [-0.05, 0) is 61.9 Å². The summed E-state index contributed by atoms with van der Waals surface area (Å²) in [6.45, 7) is 2.98. The van der Waals surface area contributed by atoms with Crippen molar-refractivity contribution in [2.75, 3.05) is 5.32 Å². The van der Waals surface area contributed by atoms with Gasteiger partial charge in [0.05, 0.1) is 5.41 Å². The summed E-state index contributed by atoms with van der Waals surface area (Å²) in [5, 5.41) is 12.8. The molecule has 5 rings (SSSR count). The van der Waals surface area contributed by atoms with Gasteiger partial charge in [0, 0.05) is 29.2 Å². The molecule has 5 nitrogen and oxygen atoms in total. The summed E-state index contributed by atoms with van der Waals surface area (Å²) in [6.07, 6.45) is 7.29. The van der Waals surface area contributed by atoms with Crippen LogP contribution in [0.4, 0.5) is 5.69 Å². The van der Waals surface area contributed by atoms with Gasteiger partial charge in [-0.15, -0.1) is 10.2 Å². The number of fused-ring (bicyclic) bond motifs is 1. The highest BCUT2D eigenvalue weighted by molar-refractivity contribution is 6.30. The Morgan fingerprint density at radius 3 is 2.58 bits per heavy atom. The van der Waals surface area contributed by atoms with Crippen LogP contribution in [-0.4, -0.2) is 20.7 Å². The molecule has 160 valence electrons. The Hall–Kier alpha value is -2.66. The van der Waals surface area contributed by atoms with Crippen molar-refractivity contribution in [1.82, 2.24) is 14.8 Å². The fraction of sp³-hybridized carbons (Fsp3) is 0.400. The van der Waals surface area contributed by atoms with E-state index < -0.39 is 5.41 Å². The number of nitrogens with one attached hydrogen (secondary N) is 1. The summed E-state index contributed by atoms with van der Waals surface area (Å²) in [5.74, 6) is 2.01. The first-order chi connectivity index (χ1) is 15.1. The molecule has 0 saturated heterocycles. The Kier molecular flexibility index (Phi) is 5.30. The van der Waals surface area contributed by atoms with Gasteiger partial charge in [-0.2, -0.15) is 0 Å². The molecule has 1 fully saturated rings. The van der Waals surface area contributed by atoms with Crippen molar-refractivity contribution in [2.24, 2.45) is 0 Å². The average Bonchev–Trinajstić information content (AvgIpc) is 2.98. The molecule has 2 aliphatic rings. The first kappa shape index (κ1) is 20.3. The quantitative estimate of drug-likeness (QED) is 0.573. The molecule has 1 amide bonds. The summed E-state index contributed by atoms with van der Waals surface area (Å²) < 4.78 is 2.24. The van der Waals surface area contributed by atoms with E-state index in [1.807, 2.05) is 37.3 Å². The first-order valence-electron chi connectivity index (χ1n) is 11.2. The van der Waals surface area contributed by atoms with Crippen LogP contribution in [0, 0.1) is 6.92 Å². The molecule has 0 radical (unpaired) electrons. The molecule has 2 aromatic carbocycles. The molecule has 0 bridgehead atoms. The molecular formula is C25H27ClN4O. The SMILES string of the molecule is Cc1ccc(-c2nnc3n2CCCCC3)cc1NC(=O)C1(c2ccc(Cl)cc2)CCC1. The number of carbonyl (C=O) groups excluding carboxylic acids is 1. The van der Waals surface area contributed by atoms with Crippen molar-refractivity contribution in [1.29, 1.82) is 0 Å². The lowest BCUT2D eigenvalue weighted by Gasteiger charge is -2.41. The van der Waals surface area contributed by atoms with Gasteiger partial charge in [-0.25, -0.2) is 0 Å². The minimum Gasteiger partial charge on any atom is -0.325 e. The van der Waals surface area contributed by atoms with Crippen LogP contribution in [0.15, 0.2) is 42.5 Å². The topological polar surface area (TPSA) is 59.8 Å². The van der Waals surface area contributed by atoms with Gasteiger partial charge in [-0.1, -0.05) is 48.7 Å².